The van der Waals surface area contributed by atoms with Crippen LogP contribution in [-0.2, 0) is 9.53 Å². The van der Waals surface area contributed by atoms with Crippen LogP contribution in [0.4, 0.5) is 0 Å². The molecule has 0 bridgehead atoms. The van der Waals surface area contributed by atoms with Crippen LogP contribution in [0.2, 0.25) is 0 Å². The highest BCUT2D eigenvalue weighted by molar-refractivity contribution is 5.37. The van der Waals surface area contributed by atoms with Crippen molar-refractivity contribution in [1.82, 2.24) is 5.32 Å². The van der Waals surface area contributed by atoms with Crippen LogP contribution >= 0.6 is 0 Å². The Morgan fingerprint density at radius 2 is 2.60 bits per heavy atom. The number of nitrogens with one attached hydrogen (secondary N) is 1. The molecule has 1 heterocycles. The van der Waals surface area contributed by atoms with Gasteiger partial charge in [0.05, 0.1) is 0 Å². The number of carbonyl (C=O) groups excluding carboxylic acids is 1. The first-order valence-electron chi connectivity index (χ1n) is 3.64. The van der Waals surface area contributed by atoms with Crippen molar-refractivity contribution in [3.63, 3.8) is 0 Å². The lowest BCUT2D eigenvalue weighted by Gasteiger charge is -2.15. The zero-order chi connectivity index (χ0) is 7.40. The third kappa shape index (κ3) is 1.70. The van der Waals surface area contributed by atoms with Crippen molar-refractivity contribution >= 4 is 6.47 Å². The van der Waals surface area contributed by atoms with Crippen molar-refractivity contribution < 1.29 is 9.53 Å². The maximum Gasteiger partial charge on any atom is 0.293 e. The SMILES string of the molecule is CC(OC=O)C1CCNC1. The first-order chi connectivity index (χ1) is 4.84. The highest BCUT2D eigenvalue weighted by Gasteiger charge is 2.21. The monoisotopic (exact) mass is 143 g/mol. The highest BCUT2D eigenvalue weighted by Crippen LogP contribution is 2.14. The van der Waals surface area contributed by atoms with Gasteiger partial charge in [0, 0.05) is 12.5 Å². The van der Waals surface area contributed by atoms with Gasteiger partial charge < -0.3 is 10.1 Å². The molecule has 0 aliphatic carbocycles. The van der Waals surface area contributed by atoms with Gasteiger partial charge in [0.1, 0.15) is 6.10 Å². The lowest BCUT2D eigenvalue weighted by molar-refractivity contribution is -0.134. The average Bonchev–Trinajstić information content (AvgIpc) is 2.38. The maximum absolute atomic E-state index is 9.93. The van der Waals surface area contributed by atoms with Gasteiger partial charge in [0.15, 0.2) is 0 Å². The van der Waals surface area contributed by atoms with Gasteiger partial charge in [-0.05, 0) is 19.9 Å². The normalized spacial score (nSPS) is 27.9. The van der Waals surface area contributed by atoms with E-state index in [1.165, 1.54) is 0 Å². The molecule has 2 unspecified atom stereocenters. The van der Waals surface area contributed by atoms with Crippen LogP contribution in [0.3, 0.4) is 0 Å². The first kappa shape index (κ1) is 7.54. The second-order valence-electron chi connectivity index (χ2n) is 2.69. The molecule has 58 valence electrons. The quantitative estimate of drug-likeness (QED) is 0.572. The van der Waals surface area contributed by atoms with Gasteiger partial charge in [-0.2, -0.15) is 0 Å². The van der Waals surface area contributed by atoms with Gasteiger partial charge in [0.25, 0.3) is 6.47 Å². The Labute approximate surface area is 60.7 Å². The number of rotatable bonds is 3. The first-order valence-corrected chi connectivity index (χ1v) is 3.64. The summed E-state index contributed by atoms with van der Waals surface area (Å²) in [7, 11) is 0. The van der Waals surface area contributed by atoms with E-state index in [0.717, 1.165) is 19.5 Å². The lowest BCUT2D eigenvalue weighted by atomic mass is 10.0. The topological polar surface area (TPSA) is 38.3 Å². The number of hydrogen-bond acceptors (Lipinski definition) is 3. The molecule has 2 atom stereocenters. The van der Waals surface area contributed by atoms with Gasteiger partial charge >= 0.3 is 0 Å². The predicted octanol–water partition coefficient (Wildman–Crippen LogP) is 0.157. The van der Waals surface area contributed by atoms with Crippen LogP contribution < -0.4 is 5.32 Å². The Kier molecular flexibility index (Phi) is 2.68. The molecule has 1 fully saturated rings. The Hall–Kier alpha value is -0.570. The molecule has 3 heteroatoms. The second-order valence-corrected chi connectivity index (χ2v) is 2.69. The van der Waals surface area contributed by atoms with Crippen LogP contribution in [0, 0.1) is 5.92 Å². The molecular formula is C7H13NO2. The summed E-state index contributed by atoms with van der Waals surface area (Å²) in [5, 5.41) is 3.22. The fourth-order valence-corrected chi connectivity index (χ4v) is 1.28. The van der Waals surface area contributed by atoms with E-state index in [4.69, 9.17) is 4.74 Å². The summed E-state index contributed by atoms with van der Waals surface area (Å²) < 4.78 is 4.81. The second kappa shape index (κ2) is 3.56. The molecule has 10 heavy (non-hydrogen) atoms. The van der Waals surface area contributed by atoms with Gasteiger partial charge in [-0.25, -0.2) is 0 Å². The standard InChI is InChI=1S/C7H13NO2/c1-6(10-5-9)7-2-3-8-4-7/h5-8H,2-4H2,1H3. The zero-order valence-corrected chi connectivity index (χ0v) is 6.17. The van der Waals surface area contributed by atoms with Gasteiger partial charge in [-0.1, -0.05) is 0 Å². The number of hydrogen-bond donors (Lipinski definition) is 1. The summed E-state index contributed by atoms with van der Waals surface area (Å²) in [5.74, 6) is 0.519. The third-order valence-electron chi connectivity index (χ3n) is 2.03. The Morgan fingerprint density at radius 1 is 1.80 bits per heavy atom. The lowest BCUT2D eigenvalue weighted by Crippen LogP contribution is -2.22. The molecular weight excluding hydrogens is 130 g/mol. The van der Waals surface area contributed by atoms with E-state index >= 15 is 0 Å². The Balaban J connectivity index is 2.24. The van der Waals surface area contributed by atoms with Gasteiger partial charge in [-0.3, -0.25) is 4.79 Å². The van der Waals surface area contributed by atoms with E-state index in [2.05, 4.69) is 5.32 Å². The summed E-state index contributed by atoms with van der Waals surface area (Å²) in [6, 6.07) is 0. The Morgan fingerprint density at radius 3 is 3.10 bits per heavy atom. The summed E-state index contributed by atoms with van der Waals surface area (Å²) in [4.78, 5) is 9.93. The van der Waals surface area contributed by atoms with E-state index in [1.807, 2.05) is 6.92 Å². The Bertz CT molecular complexity index is 110. The third-order valence-corrected chi connectivity index (χ3v) is 2.03. The molecule has 0 saturated carbocycles. The molecule has 1 rings (SSSR count). The predicted molar refractivity (Wildman–Crippen MR) is 37.6 cm³/mol. The van der Waals surface area contributed by atoms with E-state index < -0.39 is 0 Å². The minimum Gasteiger partial charge on any atom is -0.465 e. The van der Waals surface area contributed by atoms with Crippen molar-refractivity contribution in [2.75, 3.05) is 13.1 Å². The minimum absolute atomic E-state index is 0.0764. The molecule has 0 aromatic rings. The number of carbonyl (C=O) groups is 1. The molecule has 0 aromatic heterocycles. The molecule has 0 aromatic carbocycles. The summed E-state index contributed by atoms with van der Waals surface area (Å²) in [6.45, 7) is 4.50. The summed E-state index contributed by atoms with van der Waals surface area (Å²) in [5.41, 5.74) is 0. The smallest absolute Gasteiger partial charge is 0.293 e. The molecule has 0 radical (unpaired) electrons. The van der Waals surface area contributed by atoms with Crippen molar-refractivity contribution in [1.29, 1.82) is 0 Å². The molecule has 0 amide bonds. The van der Waals surface area contributed by atoms with Crippen molar-refractivity contribution in [3.05, 3.63) is 0 Å². The van der Waals surface area contributed by atoms with Crippen molar-refractivity contribution in [2.45, 2.75) is 19.4 Å². The minimum atomic E-state index is 0.0764. The molecule has 1 aliphatic heterocycles. The molecule has 3 nitrogen and oxygen atoms in total. The average molecular weight is 143 g/mol. The van der Waals surface area contributed by atoms with E-state index in [-0.39, 0.29) is 6.10 Å². The maximum atomic E-state index is 9.93. The molecule has 1 N–H and O–H groups in total. The molecule has 0 spiro atoms. The highest BCUT2D eigenvalue weighted by atomic mass is 16.5. The number of ether oxygens (including phenoxy) is 1. The van der Waals surface area contributed by atoms with E-state index in [9.17, 15) is 4.79 Å². The van der Waals surface area contributed by atoms with Crippen LogP contribution in [-0.4, -0.2) is 25.7 Å². The zero-order valence-electron chi connectivity index (χ0n) is 6.17. The van der Waals surface area contributed by atoms with E-state index in [0.29, 0.717) is 12.4 Å². The van der Waals surface area contributed by atoms with Crippen LogP contribution in [0.1, 0.15) is 13.3 Å². The summed E-state index contributed by atoms with van der Waals surface area (Å²) >= 11 is 0. The van der Waals surface area contributed by atoms with Gasteiger partial charge in [0.2, 0.25) is 0 Å². The van der Waals surface area contributed by atoms with Crippen LogP contribution in [0.15, 0.2) is 0 Å². The van der Waals surface area contributed by atoms with Gasteiger partial charge in [-0.15, -0.1) is 0 Å². The molecule has 1 aliphatic rings. The fourth-order valence-electron chi connectivity index (χ4n) is 1.28. The van der Waals surface area contributed by atoms with E-state index in [1.54, 1.807) is 0 Å². The van der Waals surface area contributed by atoms with Crippen molar-refractivity contribution in [2.24, 2.45) is 5.92 Å². The van der Waals surface area contributed by atoms with Crippen LogP contribution in [0.5, 0.6) is 0 Å². The fraction of sp³-hybridized carbons (Fsp3) is 0.857. The van der Waals surface area contributed by atoms with Crippen LogP contribution in [0.25, 0.3) is 0 Å². The van der Waals surface area contributed by atoms with Crippen molar-refractivity contribution in [3.8, 4) is 0 Å². The largest absolute Gasteiger partial charge is 0.465 e. The molecule has 1 saturated heterocycles. The summed E-state index contributed by atoms with van der Waals surface area (Å²) in [6.07, 6.45) is 1.20.